The highest BCUT2D eigenvalue weighted by molar-refractivity contribution is 7.18. The van der Waals surface area contributed by atoms with Crippen LogP contribution in [0.1, 0.15) is 35.8 Å². The van der Waals surface area contributed by atoms with E-state index >= 15 is 0 Å². The third kappa shape index (κ3) is 4.30. The van der Waals surface area contributed by atoms with Crippen molar-refractivity contribution in [2.45, 2.75) is 26.8 Å². The number of anilines is 1. The number of nitrogens with zero attached hydrogens (tertiary/aromatic N) is 5. The van der Waals surface area contributed by atoms with Gasteiger partial charge in [-0.05, 0) is 39.0 Å². The van der Waals surface area contributed by atoms with Crippen LogP contribution < -0.4 is 5.32 Å². The average Bonchev–Trinajstić information content (AvgIpc) is 3.46. The summed E-state index contributed by atoms with van der Waals surface area (Å²) in [6.45, 7) is 6.10. The smallest absolute Gasteiger partial charge is 0.258 e. The van der Waals surface area contributed by atoms with E-state index in [1.165, 1.54) is 11.3 Å². The quantitative estimate of drug-likeness (QED) is 0.309. The molecule has 1 N–H and O–H groups in total. The first-order valence-electron chi connectivity index (χ1n) is 10.7. The molecule has 0 radical (unpaired) electrons. The fraction of sp³-hybridized carbons (Fsp3) is 0.160. The van der Waals surface area contributed by atoms with Gasteiger partial charge in [-0.15, -0.1) is 10.2 Å². The maximum Gasteiger partial charge on any atom is 0.258 e. The van der Waals surface area contributed by atoms with Gasteiger partial charge in [0.15, 0.2) is 5.65 Å². The van der Waals surface area contributed by atoms with Crippen LogP contribution in [0.5, 0.6) is 0 Å². The Labute approximate surface area is 205 Å². The Morgan fingerprint density at radius 2 is 1.74 bits per heavy atom. The molecule has 0 atom stereocenters. The number of aromatic nitrogens is 5. The number of halogens is 1. The standard InChI is InChI=1S/C25H21ClN6OS/c1-14(2)32-22-20(13-27-32)19(12-21(28-22)16-6-4-15(3)5-7-16)23(33)29-25-31-30-24(34-25)17-8-10-18(26)11-9-17/h4-14H,1-3H3,(H,29,31,33). The van der Waals surface area contributed by atoms with Gasteiger partial charge in [-0.25, -0.2) is 9.67 Å². The molecule has 0 spiro atoms. The van der Waals surface area contributed by atoms with E-state index in [1.54, 1.807) is 24.4 Å². The topological polar surface area (TPSA) is 85.6 Å². The van der Waals surface area contributed by atoms with Crippen molar-refractivity contribution in [2.24, 2.45) is 0 Å². The minimum atomic E-state index is -0.289. The molecule has 7 nitrogen and oxygen atoms in total. The van der Waals surface area contributed by atoms with Crippen molar-refractivity contribution in [2.75, 3.05) is 5.32 Å². The predicted octanol–water partition coefficient (Wildman–Crippen LogP) is 6.41. The van der Waals surface area contributed by atoms with E-state index in [1.807, 2.05) is 61.9 Å². The van der Waals surface area contributed by atoms with Crippen molar-refractivity contribution >= 4 is 45.0 Å². The Morgan fingerprint density at radius 3 is 2.44 bits per heavy atom. The van der Waals surface area contributed by atoms with Gasteiger partial charge < -0.3 is 0 Å². The second kappa shape index (κ2) is 8.96. The van der Waals surface area contributed by atoms with Gasteiger partial charge in [-0.3, -0.25) is 10.1 Å². The third-order valence-corrected chi connectivity index (χ3v) is 6.52. The van der Waals surface area contributed by atoms with Gasteiger partial charge in [0, 0.05) is 22.2 Å². The molecule has 0 saturated carbocycles. The molecule has 3 heterocycles. The normalized spacial score (nSPS) is 11.3. The summed E-state index contributed by atoms with van der Waals surface area (Å²) >= 11 is 7.27. The molecule has 2 aromatic carbocycles. The monoisotopic (exact) mass is 488 g/mol. The lowest BCUT2D eigenvalue weighted by molar-refractivity contribution is 0.102. The number of carbonyl (C=O) groups is 1. The first-order chi connectivity index (χ1) is 16.4. The first-order valence-corrected chi connectivity index (χ1v) is 11.9. The maximum absolute atomic E-state index is 13.4. The molecule has 0 unspecified atom stereocenters. The molecule has 1 amide bonds. The van der Waals surface area contributed by atoms with Crippen molar-refractivity contribution in [1.82, 2.24) is 25.0 Å². The molecule has 0 bridgehead atoms. The largest absolute Gasteiger partial charge is 0.296 e. The molecular formula is C25H21ClN6OS. The Hall–Kier alpha value is -3.62. The number of carbonyl (C=O) groups excluding carboxylic acids is 1. The van der Waals surface area contributed by atoms with Gasteiger partial charge in [0.05, 0.1) is 22.8 Å². The number of amides is 1. The van der Waals surface area contributed by atoms with E-state index < -0.39 is 0 Å². The van der Waals surface area contributed by atoms with Gasteiger partial charge in [0.25, 0.3) is 5.91 Å². The van der Waals surface area contributed by atoms with Gasteiger partial charge in [-0.2, -0.15) is 5.10 Å². The fourth-order valence-electron chi connectivity index (χ4n) is 3.60. The highest BCUT2D eigenvalue weighted by atomic mass is 35.5. The fourth-order valence-corrected chi connectivity index (χ4v) is 4.47. The van der Waals surface area contributed by atoms with Crippen LogP contribution in [0.2, 0.25) is 5.02 Å². The summed E-state index contributed by atoms with van der Waals surface area (Å²) in [5.74, 6) is -0.289. The Balaban J connectivity index is 1.52. The third-order valence-electron chi connectivity index (χ3n) is 5.38. The maximum atomic E-state index is 13.4. The minimum Gasteiger partial charge on any atom is -0.296 e. The molecule has 3 aromatic heterocycles. The van der Waals surface area contributed by atoms with Crippen molar-refractivity contribution in [3.63, 3.8) is 0 Å². The van der Waals surface area contributed by atoms with Crippen LogP contribution in [0.15, 0.2) is 60.8 Å². The van der Waals surface area contributed by atoms with Crippen molar-refractivity contribution < 1.29 is 4.79 Å². The molecule has 5 rings (SSSR count). The van der Waals surface area contributed by atoms with E-state index in [2.05, 4.69) is 20.6 Å². The molecule has 9 heteroatoms. The molecular weight excluding hydrogens is 468 g/mol. The molecule has 170 valence electrons. The Bertz CT molecular complexity index is 1490. The summed E-state index contributed by atoms with van der Waals surface area (Å²) in [6.07, 6.45) is 1.69. The van der Waals surface area contributed by atoms with Crippen LogP contribution in [0.4, 0.5) is 5.13 Å². The number of benzene rings is 2. The van der Waals surface area contributed by atoms with Crippen LogP contribution >= 0.6 is 22.9 Å². The van der Waals surface area contributed by atoms with Crippen LogP contribution in [-0.2, 0) is 0 Å². The van der Waals surface area contributed by atoms with E-state index in [9.17, 15) is 4.79 Å². The number of rotatable bonds is 5. The molecule has 0 saturated heterocycles. The summed E-state index contributed by atoms with van der Waals surface area (Å²) in [6, 6.07) is 17.3. The number of pyridine rings is 1. The zero-order valence-electron chi connectivity index (χ0n) is 18.8. The van der Waals surface area contributed by atoms with Gasteiger partial charge >= 0.3 is 0 Å². The van der Waals surface area contributed by atoms with E-state index in [0.29, 0.717) is 37.5 Å². The summed E-state index contributed by atoms with van der Waals surface area (Å²) < 4.78 is 1.83. The second-order valence-electron chi connectivity index (χ2n) is 8.21. The van der Waals surface area contributed by atoms with Crippen LogP contribution in [0.3, 0.4) is 0 Å². The van der Waals surface area contributed by atoms with Crippen molar-refractivity contribution in [1.29, 1.82) is 0 Å². The van der Waals surface area contributed by atoms with Crippen molar-refractivity contribution in [3.05, 3.63) is 76.9 Å². The lowest BCUT2D eigenvalue weighted by Gasteiger charge is -2.10. The molecule has 0 aliphatic rings. The number of fused-ring (bicyclic) bond motifs is 1. The zero-order chi connectivity index (χ0) is 23.8. The number of hydrogen-bond acceptors (Lipinski definition) is 6. The molecule has 34 heavy (non-hydrogen) atoms. The van der Waals surface area contributed by atoms with Gasteiger partial charge in [0.1, 0.15) is 5.01 Å². The highest BCUT2D eigenvalue weighted by Gasteiger charge is 2.20. The highest BCUT2D eigenvalue weighted by Crippen LogP contribution is 2.30. The lowest BCUT2D eigenvalue weighted by atomic mass is 10.1. The van der Waals surface area contributed by atoms with Gasteiger partial charge in [0.2, 0.25) is 5.13 Å². The number of hydrogen-bond donors (Lipinski definition) is 1. The molecule has 0 aliphatic heterocycles. The number of aryl methyl sites for hydroxylation is 1. The molecule has 0 fully saturated rings. The van der Waals surface area contributed by atoms with E-state index in [0.717, 1.165) is 16.7 Å². The van der Waals surface area contributed by atoms with Crippen LogP contribution in [-0.4, -0.2) is 30.9 Å². The molecule has 0 aliphatic carbocycles. The zero-order valence-corrected chi connectivity index (χ0v) is 20.4. The van der Waals surface area contributed by atoms with Crippen molar-refractivity contribution in [3.8, 4) is 21.8 Å². The summed E-state index contributed by atoms with van der Waals surface area (Å²) in [5.41, 5.74) is 4.82. The van der Waals surface area contributed by atoms with Gasteiger partial charge in [-0.1, -0.05) is 64.9 Å². The van der Waals surface area contributed by atoms with E-state index in [-0.39, 0.29) is 11.9 Å². The first kappa shape index (κ1) is 22.2. The van der Waals surface area contributed by atoms with E-state index in [4.69, 9.17) is 16.6 Å². The Kier molecular flexibility index (Phi) is 5.85. The lowest BCUT2D eigenvalue weighted by Crippen LogP contribution is -2.13. The van der Waals surface area contributed by atoms with Crippen LogP contribution in [0.25, 0.3) is 32.9 Å². The summed E-state index contributed by atoms with van der Waals surface area (Å²) in [7, 11) is 0. The number of nitrogens with one attached hydrogen (secondary N) is 1. The Morgan fingerprint density at radius 1 is 1.03 bits per heavy atom. The molecule has 5 aromatic rings. The average molecular weight is 489 g/mol. The second-order valence-corrected chi connectivity index (χ2v) is 9.63. The SMILES string of the molecule is Cc1ccc(-c2cc(C(=O)Nc3nnc(-c4ccc(Cl)cc4)s3)c3cnn(C(C)C)c3n2)cc1. The van der Waals surface area contributed by atoms with Crippen LogP contribution in [0, 0.1) is 6.92 Å². The summed E-state index contributed by atoms with van der Waals surface area (Å²) in [5, 5.41) is 18.2. The predicted molar refractivity (Wildman–Crippen MR) is 136 cm³/mol. The summed E-state index contributed by atoms with van der Waals surface area (Å²) in [4.78, 5) is 18.2. The minimum absolute atomic E-state index is 0.0966.